The summed E-state index contributed by atoms with van der Waals surface area (Å²) < 4.78 is 5.35. The standard InChI is InChI=1S/C21H25N3O3/c1-14-6-3-4-9-19(14)21(26)23-17-8-5-7-16(12-17)20(25)24-22-13-18-11-10-15(2)27-18/h5,7-8,10-14,19H,3-4,6,9H2,1-2H3,(H,23,26)(H,24,25)/b22-13+/t14?,19-/m0/s1. The molecule has 6 nitrogen and oxygen atoms in total. The molecule has 1 heterocycles. The molecule has 2 amide bonds. The highest BCUT2D eigenvalue weighted by Crippen LogP contribution is 2.30. The van der Waals surface area contributed by atoms with Crippen LogP contribution in [0.2, 0.25) is 0 Å². The average Bonchev–Trinajstić information content (AvgIpc) is 3.07. The van der Waals surface area contributed by atoms with Gasteiger partial charge >= 0.3 is 0 Å². The van der Waals surface area contributed by atoms with Gasteiger partial charge in [-0.1, -0.05) is 25.8 Å². The first-order valence-electron chi connectivity index (χ1n) is 9.33. The Bertz CT molecular complexity index is 841. The molecule has 6 heteroatoms. The molecular weight excluding hydrogens is 342 g/mol. The van der Waals surface area contributed by atoms with E-state index in [4.69, 9.17) is 4.42 Å². The molecule has 1 saturated carbocycles. The van der Waals surface area contributed by atoms with E-state index in [0.29, 0.717) is 22.9 Å². The van der Waals surface area contributed by atoms with E-state index in [-0.39, 0.29) is 17.7 Å². The third-order valence-corrected chi connectivity index (χ3v) is 4.96. The lowest BCUT2D eigenvalue weighted by molar-refractivity contribution is -0.122. The Morgan fingerprint density at radius 3 is 2.74 bits per heavy atom. The van der Waals surface area contributed by atoms with Gasteiger partial charge in [-0.3, -0.25) is 9.59 Å². The van der Waals surface area contributed by atoms with Gasteiger partial charge in [-0.15, -0.1) is 0 Å². The molecule has 1 aliphatic carbocycles. The number of carbonyl (C=O) groups is 2. The fourth-order valence-electron chi connectivity index (χ4n) is 3.42. The van der Waals surface area contributed by atoms with Crippen LogP contribution in [-0.2, 0) is 4.79 Å². The summed E-state index contributed by atoms with van der Waals surface area (Å²) in [6.07, 6.45) is 5.75. The van der Waals surface area contributed by atoms with Gasteiger partial charge in [-0.25, -0.2) is 5.43 Å². The van der Waals surface area contributed by atoms with Crippen LogP contribution in [0.4, 0.5) is 5.69 Å². The van der Waals surface area contributed by atoms with Gasteiger partial charge in [0.2, 0.25) is 5.91 Å². The number of nitrogens with zero attached hydrogens (tertiary/aromatic N) is 1. The number of carbonyl (C=O) groups excluding carboxylic acids is 2. The monoisotopic (exact) mass is 367 g/mol. The molecule has 0 aliphatic heterocycles. The van der Waals surface area contributed by atoms with E-state index < -0.39 is 0 Å². The Labute approximate surface area is 159 Å². The number of hydrazone groups is 1. The molecule has 0 bridgehead atoms. The molecule has 2 aromatic rings. The summed E-state index contributed by atoms with van der Waals surface area (Å²) in [5, 5.41) is 6.85. The minimum Gasteiger partial charge on any atom is -0.460 e. The SMILES string of the molecule is Cc1ccc(/C=N/NC(=O)c2cccc(NC(=O)[C@H]3CCCCC3C)c2)o1. The van der Waals surface area contributed by atoms with Gasteiger partial charge in [0.1, 0.15) is 11.5 Å². The van der Waals surface area contributed by atoms with Crippen molar-refractivity contribution in [2.75, 3.05) is 5.32 Å². The molecule has 1 aliphatic rings. The summed E-state index contributed by atoms with van der Waals surface area (Å²) >= 11 is 0. The normalized spacial score (nSPS) is 19.8. The Morgan fingerprint density at radius 1 is 1.19 bits per heavy atom. The molecule has 2 N–H and O–H groups in total. The van der Waals surface area contributed by atoms with Crippen molar-refractivity contribution in [3.05, 3.63) is 53.5 Å². The Hall–Kier alpha value is -2.89. The average molecular weight is 367 g/mol. The van der Waals surface area contributed by atoms with E-state index in [1.807, 2.05) is 13.0 Å². The first kappa shape index (κ1) is 18.9. The molecule has 2 atom stereocenters. The van der Waals surface area contributed by atoms with Gasteiger partial charge in [-0.05, 0) is 56.0 Å². The first-order valence-corrected chi connectivity index (χ1v) is 9.33. The lowest BCUT2D eigenvalue weighted by atomic mass is 9.80. The zero-order chi connectivity index (χ0) is 19.2. The Kier molecular flexibility index (Phi) is 6.06. The van der Waals surface area contributed by atoms with Gasteiger partial charge < -0.3 is 9.73 Å². The van der Waals surface area contributed by atoms with Crippen LogP contribution < -0.4 is 10.7 Å². The molecule has 0 saturated heterocycles. The molecule has 0 spiro atoms. The maximum atomic E-state index is 12.5. The Balaban J connectivity index is 1.59. The number of benzene rings is 1. The molecule has 1 fully saturated rings. The largest absolute Gasteiger partial charge is 0.460 e. The number of hydrogen-bond acceptors (Lipinski definition) is 4. The number of rotatable bonds is 5. The smallest absolute Gasteiger partial charge is 0.271 e. The van der Waals surface area contributed by atoms with Crippen LogP contribution in [0.5, 0.6) is 0 Å². The number of anilines is 1. The summed E-state index contributed by atoms with van der Waals surface area (Å²) in [5.41, 5.74) is 3.51. The predicted molar refractivity (Wildman–Crippen MR) is 105 cm³/mol. The lowest BCUT2D eigenvalue weighted by Crippen LogP contribution is -2.30. The van der Waals surface area contributed by atoms with Gasteiger partial charge in [0.25, 0.3) is 5.91 Å². The highest BCUT2D eigenvalue weighted by atomic mass is 16.3. The van der Waals surface area contributed by atoms with Crippen LogP contribution in [0.15, 0.2) is 45.9 Å². The molecule has 27 heavy (non-hydrogen) atoms. The Morgan fingerprint density at radius 2 is 2.00 bits per heavy atom. The zero-order valence-corrected chi connectivity index (χ0v) is 15.7. The summed E-state index contributed by atoms with van der Waals surface area (Å²) in [4.78, 5) is 24.8. The second kappa shape index (κ2) is 8.66. The minimum absolute atomic E-state index is 0.0333. The van der Waals surface area contributed by atoms with Gasteiger partial charge in [0, 0.05) is 17.2 Å². The van der Waals surface area contributed by atoms with Crippen molar-refractivity contribution in [2.24, 2.45) is 16.9 Å². The highest BCUT2D eigenvalue weighted by Gasteiger charge is 2.27. The number of furan rings is 1. The molecular formula is C21H25N3O3. The topological polar surface area (TPSA) is 83.7 Å². The molecule has 0 radical (unpaired) electrons. The second-order valence-corrected chi connectivity index (χ2v) is 7.09. The summed E-state index contributed by atoms with van der Waals surface area (Å²) in [6.45, 7) is 3.97. The predicted octanol–water partition coefficient (Wildman–Crippen LogP) is 4.12. The van der Waals surface area contributed by atoms with E-state index in [1.165, 1.54) is 12.6 Å². The highest BCUT2D eigenvalue weighted by molar-refractivity contribution is 5.98. The van der Waals surface area contributed by atoms with E-state index in [9.17, 15) is 9.59 Å². The fraction of sp³-hybridized carbons (Fsp3) is 0.381. The van der Waals surface area contributed by atoms with E-state index >= 15 is 0 Å². The van der Waals surface area contributed by atoms with Crippen LogP contribution in [-0.4, -0.2) is 18.0 Å². The van der Waals surface area contributed by atoms with E-state index in [1.54, 1.807) is 30.3 Å². The maximum Gasteiger partial charge on any atom is 0.271 e. The number of hydrogen-bond donors (Lipinski definition) is 2. The number of amides is 2. The third-order valence-electron chi connectivity index (χ3n) is 4.96. The number of aryl methyl sites for hydroxylation is 1. The molecule has 1 aromatic carbocycles. The van der Waals surface area contributed by atoms with Crippen molar-refractivity contribution in [3.63, 3.8) is 0 Å². The van der Waals surface area contributed by atoms with Crippen molar-refractivity contribution < 1.29 is 14.0 Å². The molecule has 3 rings (SSSR count). The van der Waals surface area contributed by atoms with E-state index in [2.05, 4.69) is 22.8 Å². The van der Waals surface area contributed by atoms with Crippen molar-refractivity contribution in [1.29, 1.82) is 0 Å². The molecule has 1 aromatic heterocycles. The van der Waals surface area contributed by atoms with Gasteiger partial charge in [-0.2, -0.15) is 5.10 Å². The van der Waals surface area contributed by atoms with Crippen LogP contribution in [0.3, 0.4) is 0 Å². The zero-order valence-electron chi connectivity index (χ0n) is 15.7. The molecule has 142 valence electrons. The third kappa shape index (κ3) is 5.06. The van der Waals surface area contributed by atoms with Gasteiger partial charge in [0.05, 0.1) is 6.21 Å². The van der Waals surface area contributed by atoms with Crippen LogP contribution in [0, 0.1) is 18.8 Å². The lowest BCUT2D eigenvalue weighted by Gasteiger charge is -2.27. The van der Waals surface area contributed by atoms with Crippen LogP contribution in [0.1, 0.15) is 54.5 Å². The first-order chi connectivity index (χ1) is 13.0. The van der Waals surface area contributed by atoms with E-state index in [0.717, 1.165) is 25.0 Å². The maximum absolute atomic E-state index is 12.5. The number of nitrogens with one attached hydrogen (secondary N) is 2. The summed E-state index contributed by atoms with van der Waals surface area (Å²) in [6, 6.07) is 10.5. The second-order valence-electron chi connectivity index (χ2n) is 7.09. The van der Waals surface area contributed by atoms with Crippen molar-refractivity contribution in [1.82, 2.24) is 5.43 Å². The quantitative estimate of drug-likeness (QED) is 0.616. The summed E-state index contributed by atoms with van der Waals surface area (Å²) in [5.74, 6) is 1.46. The molecule has 1 unspecified atom stereocenters. The summed E-state index contributed by atoms with van der Waals surface area (Å²) in [7, 11) is 0. The van der Waals surface area contributed by atoms with Crippen LogP contribution in [0.25, 0.3) is 0 Å². The van der Waals surface area contributed by atoms with Crippen molar-refractivity contribution >= 4 is 23.7 Å². The van der Waals surface area contributed by atoms with Crippen LogP contribution >= 0.6 is 0 Å². The fourth-order valence-corrected chi connectivity index (χ4v) is 3.42. The van der Waals surface area contributed by atoms with Gasteiger partial charge in [0.15, 0.2) is 0 Å². The van der Waals surface area contributed by atoms with Crippen molar-refractivity contribution in [3.8, 4) is 0 Å². The van der Waals surface area contributed by atoms with Crippen molar-refractivity contribution in [2.45, 2.75) is 39.5 Å². The minimum atomic E-state index is -0.350.